The number of anilines is 2. The molecule has 1 unspecified atom stereocenters. The Bertz CT molecular complexity index is 1680. The fourth-order valence-corrected chi connectivity index (χ4v) is 5.20. The van der Waals surface area contributed by atoms with Gasteiger partial charge in [-0.25, -0.2) is 0 Å². The summed E-state index contributed by atoms with van der Waals surface area (Å²) in [6.45, 7) is 1.90. The number of carbonyl (C=O) groups excluding carboxylic acids is 3. The molecule has 0 heterocycles. The minimum atomic E-state index is -0.685. The lowest BCUT2D eigenvalue weighted by Gasteiger charge is -2.16. The highest BCUT2D eigenvalue weighted by atomic mass is 35.5. The van der Waals surface area contributed by atoms with Crippen molar-refractivity contribution in [1.29, 1.82) is 0 Å². The van der Waals surface area contributed by atoms with Gasteiger partial charge in [0.2, 0.25) is 5.91 Å². The number of para-hydroxylation sites is 1. The monoisotopic (exact) mass is 614 g/mol. The first-order valence-electron chi connectivity index (χ1n) is 13.2. The highest BCUT2D eigenvalue weighted by Crippen LogP contribution is 2.29. The van der Waals surface area contributed by atoms with E-state index in [9.17, 15) is 24.5 Å². The first-order chi connectivity index (χ1) is 20.7. The third-order valence-corrected chi connectivity index (χ3v) is 7.68. The van der Waals surface area contributed by atoms with Crippen molar-refractivity contribution in [3.8, 4) is 0 Å². The Morgan fingerprint density at radius 1 is 0.884 bits per heavy atom. The SMILES string of the molecule is CCC(Sc1cccc(NC(=O)/C(=C\c2ccccc2[N+](=O)[O-])NC(=O)c2ccccc2)c1)C(=O)Nc1cccc(Cl)c1. The van der Waals surface area contributed by atoms with E-state index in [4.69, 9.17) is 11.6 Å². The van der Waals surface area contributed by atoms with Crippen molar-refractivity contribution in [2.75, 3.05) is 10.6 Å². The van der Waals surface area contributed by atoms with E-state index in [2.05, 4.69) is 16.0 Å². The Morgan fingerprint density at radius 2 is 1.56 bits per heavy atom. The van der Waals surface area contributed by atoms with Gasteiger partial charge in [0.1, 0.15) is 5.70 Å². The van der Waals surface area contributed by atoms with Gasteiger partial charge in [-0.2, -0.15) is 0 Å². The number of amides is 3. The van der Waals surface area contributed by atoms with Crippen molar-refractivity contribution in [1.82, 2.24) is 5.32 Å². The van der Waals surface area contributed by atoms with Crippen LogP contribution in [0.25, 0.3) is 6.08 Å². The average Bonchev–Trinajstić information content (AvgIpc) is 3.00. The average molecular weight is 615 g/mol. The van der Waals surface area contributed by atoms with Gasteiger partial charge in [0.15, 0.2) is 0 Å². The normalized spacial score (nSPS) is 11.7. The molecule has 3 amide bonds. The number of nitrogens with one attached hydrogen (secondary N) is 3. The number of carbonyl (C=O) groups is 3. The number of rotatable bonds is 11. The predicted molar refractivity (Wildman–Crippen MR) is 170 cm³/mol. The summed E-state index contributed by atoms with van der Waals surface area (Å²) in [5.41, 5.74) is 1.04. The second-order valence-electron chi connectivity index (χ2n) is 9.19. The van der Waals surface area contributed by atoms with Crippen LogP contribution in [0.3, 0.4) is 0 Å². The van der Waals surface area contributed by atoms with Crippen LogP contribution in [0.2, 0.25) is 5.02 Å². The quantitative estimate of drug-likeness (QED) is 0.0711. The molecule has 0 saturated carbocycles. The minimum Gasteiger partial charge on any atom is -0.325 e. The molecule has 218 valence electrons. The molecular formula is C32H27ClN4O5S. The zero-order chi connectivity index (χ0) is 30.8. The van der Waals surface area contributed by atoms with E-state index >= 15 is 0 Å². The molecule has 11 heteroatoms. The van der Waals surface area contributed by atoms with Crippen LogP contribution < -0.4 is 16.0 Å². The first-order valence-corrected chi connectivity index (χ1v) is 14.4. The summed E-state index contributed by atoms with van der Waals surface area (Å²) < 4.78 is 0. The molecule has 3 N–H and O–H groups in total. The Morgan fingerprint density at radius 3 is 2.26 bits per heavy atom. The van der Waals surface area contributed by atoms with Crippen molar-refractivity contribution in [3.63, 3.8) is 0 Å². The van der Waals surface area contributed by atoms with Crippen LogP contribution in [0.1, 0.15) is 29.3 Å². The van der Waals surface area contributed by atoms with Gasteiger partial charge < -0.3 is 16.0 Å². The minimum absolute atomic E-state index is 0.145. The number of hydrogen-bond donors (Lipinski definition) is 3. The molecular weight excluding hydrogens is 588 g/mol. The number of nitrogens with zero attached hydrogens (tertiary/aromatic N) is 1. The molecule has 0 radical (unpaired) electrons. The van der Waals surface area contributed by atoms with E-state index in [1.54, 1.807) is 78.9 Å². The van der Waals surface area contributed by atoms with Crippen LogP contribution in [-0.2, 0) is 9.59 Å². The van der Waals surface area contributed by atoms with Crippen LogP contribution in [0, 0.1) is 10.1 Å². The van der Waals surface area contributed by atoms with Gasteiger partial charge in [0.25, 0.3) is 17.5 Å². The van der Waals surface area contributed by atoms with Gasteiger partial charge in [-0.1, -0.05) is 61.0 Å². The molecule has 9 nitrogen and oxygen atoms in total. The number of hydrogen-bond acceptors (Lipinski definition) is 6. The second-order valence-corrected chi connectivity index (χ2v) is 10.9. The third-order valence-electron chi connectivity index (χ3n) is 6.09. The summed E-state index contributed by atoms with van der Waals surface area (Å²) in [6.07, 6.45) is 1.81. The van der Waals surface area contributed by atoms with Gasteiger partial charge in [-0.15, -0.1) is 11.8 Å². The molecule has 0 bridgehead atoms. The zero-order valence-electron chi connectivity index (χ0n) is 23.0. The topological polar surface area (TPSA) is 130 Å². The van der Waals surface area contributed by atoms with Gasteiger partial charge in [0, 0.05) is 32.9 Å². The molecule has 0 saturated heterocycles. The van der Waals surface area contributed by atoms with Crippen molar-refractivity contribution in [3.05, 3.63) is 135 Å². The highest BCUT2D eigenvalue weighted by Gasteiger charge is 2.20. The number of benzene rings is 4. The molecule has 0 fully saturated rings. The lowest BCUT2D eigenvalue weighted by Crippen LogP contribution is -2.30. The van der Waals surface area contributed by atoms with Crippen LogP contribution in [0.4, 0.5) is 17.1 Å². The van der Waals surface area contributed by atoms with E-state index in [0.29, 0.717) is 28.4 Å². The summed E-state index contributed by atoms with van der Waals surface area (Å²) in [5.74, 6) is -1.43. The molecule has 4 aromatic carbocycles. The molecule has 0 aliphatic carbocycles. The smallest absolute Gasteiger partial charge is 0.276 e. The summed E-state index contributed by atoms with van der Waals surface area (Å²) in [7, 11) is 0. The summed E-state index contributed by atoms with van der Waals surface area (Å²) in [5, 5.41) is 19.9. The first kappa shape index (κ1) is 31.0. The van der Waals surface area contributed by atoms with Crippen molar-refractivity contribution in [2.45, 2.75) is 23.5 Å². The van der Waals surface area contributed by atoms with E-state index in [1.807, 2.05) is 13.0 Å². The second kappa shape index (κ2) is 14.8. The maximum absolute atomic E-state index is 13.4. The third kappa shape index (κ3) is 8.78. The van der Waals surface area contributed by atoms with Crippen molar-refractivity contribution in [2.24, 2.45) is 0 Å². The standard InChI is InChI=1S/C32H27ClN4O5S/c1-2-29(32(40)35-24-14-8-13-23(33)19-24)43-26-16-9-15-25(20-26)34-31(39)27(36-30(38)21-10-4-3-5-11-21)18-22-12-6-7-17-28(22)37(41)42/h3-20,29H,2H2,1H3,(H,34,39)(H,35,40)(H,36,38)/b27-18+. The maximum Gasteiger partial charge on any atom is 0.276 e. The molecule has 4 rings (SSSR count). The Hall–Kier alpha value is -4.93. The van der Waals surface area contributed by atoms with E-state index in [-0.39, 0.29) is 22.9 Å². The lowest BCUT2D eigenvalue weighted by atomic mass is 10.1. The highest BCUT2D eigenvalue weighted by molar-refractivity contribution is 8.00. The van der Waals surface area contributed by atoms with E-state index in [0.717, 1.165) is 4.90 Å². The van der Waals surface area contributed by atoms with Gasteiger partial charge in [-0.05, 0) is 67.1 Å². The Kier molecular flexibility index (Phi) is 10.7. The zero-order valence-corrected chi connectivity index (χ0v) is 24.5. The Labute approximate surface area is 257 Å². The van der Waals surface area contributed by atoms with Crippen LogP contribution in [0.5, 0.6) is 0 Å². The number of nitro benzene ring substituents is 1. The molecule has 0 aliphatic heterocycles. The fourth-order valence-electron chi connectivity index (χ4n) is 3.99. The van der Waals surface area contributed by atoms with Crippen molar-refractivity contribution < 1.29 is 19.3 Å². The molecule has 0 aromatic heterocycles. The van der Waals surface area contributed by atoms with Crippen LogP contribution >= 0.6 is 23.4 Å². The molecule has 43 heavy (non-hydrogen) atoms. The van der Waals surface area contributed by atoms with Gasteiger partial charge >= 0.3 is 0 Å². The Balaban J connectivity index is 1.54. The van der Waals surface area contributed by atoms with Crippen LogP contribution in [0.15, 0.2) is 114 Å². The van der Waals surface area contributed by atoms with E-state index in [1.165, 1.54) is 36.0 Å². The fraction of sp³-hybridized carbons (Fsp3) is 0.0938. The van der Waals surface area contributed by atoms with Crippen molar-refractivity contribution >= 4 is 64.2 Å². The summed E-state index contributed by atoms with van der Waals surface area (Å²) in [4.78, 5) is 51.1. The lowest BCUT2D eigenvalue weighted by molar-refractivity contribution is -0.385. The number of nitro groups is 1. The summed E-state index contributed by atoms with van der Waals surface area (Å²) >= 11 is 7.36. The molecule has 1 atom stereocenters. The molecule has 4 aromatic rings. The van der Waals surface area contributed by atoms with Gasteiger partial charge in [-0.3, -0.25) is 24.5 Å². The largest absolute Gasteiger partial charge is 0.325 e. The predicted octanol–water partition coefficient (Wildman–Crippen LogP) is 7.17. The molecule has 0 spiro atoms. The van der Waals surface area contributed by atoms with E-state index < -0.39 is 22.0 Å². The summed E-state index contributed by atoms with van der Waals surface area (Å²) in [6, 6.07) is 28.0. The molecule has 0 aliphatic rings. The number of halogens is 1. The number of thioether (sulfide) groups is 1. The van der Waals surface area contributed by atoms with Gasteiger partial charge in [0.05, 0.1) is 15.7 Å². The van der Waals surface area contributed by atoms with Crippen LogP contribution in [-0.4, -0.2) is 27.9 Å². The maximum atomic E-state index is 13.4.